The molecule has 1 N–H and O–H groups in total. The first-order valence-electron chi connectivity index (χ1n) is 9.02. The molecule has 0 bridgehead atoms. The van der Waals surface area contributed by atoms with Gasteiger partial charge in [0.05, 0.1) is 25.0 Å². The summed E-state index contributed by atoms with van der Waals surface area (Å²) in [5, 5.41) is 14.9. The van der Waals surface area contributed by atoms with Crippen LogP contribution in [0.15, 0.2) is 71.8 Å². The third-order valence-electron chi connectivity index (χ3n) is 4.36. The van der Waals surface area contributed by atoms with E-state index in [2.05, 4.69) is 23.5 Å². The van der Waals surface area contributed by atoms with Gasteiger partial charge in [-0.05, 0) is 59.5 Å². The number of ether oxygens (including phenoxy) is 2. The predicted molar refractivity (Wildman–Crippen MR) is 110 cm³/mol. The number of anilines is 1. The number of carboxylic acid groups (broad SMARTS) is 1. The molecule has 0 saturated heterocycles. The lowest BCUT2D eigenvalue weighted by molar-refractivity contribution is -0.255. The minimum Gasteiger partial charge on any atom is -0.545 e. The molecular formula is C23H21N2O4-. The molecule has 3 aromatic carbocycles. The van der Waals surface area contributed by atoms with Gasteiger partial charge in [0.25, 0.3) is 0 Å². The number of benzene rings is 3. The van der Waals surface area contributed by atoms with Gasteiger partial charge in [-0.3, -0.25) is 5.43 Å². The molecule has 0 heterocycles. The Morgan fingerprint density at radius 3 is 2.52 bits per heavy atom. The van der Waals surface area contributed by atoms with Crippen LogP contribution in [0.2, 0.25) is 0 Å². The van der Waals surface area contributed by atoms with Crippen molar-refractivity contribution >= 4 is 17.9 Å². The zero-order valence-corrected chi connectivity index (χ0v) is 16.2. The molecule has 0 aliphatic heterocycles. The van der Waals surface area contributed by atoms with Crippen molar-refractivity contribution in [3.05, 3.63) is 89.0 Å². The first kappa shape index (κ1) is 19.9. The van der Waals surface area contributed by atoms with E-state index < -0.39 is 5.97 Å². The normalized spacial score (nSPS) is 10.7. The van der Waals surface area contributed by atoms with Crippen LogP contribution in [0.1, 0.15) is 27.0 Å². The highest BCUT2D eigenvalue weighted by Crippen LogP contribution is 2.28. The molecule has 29 heavy (non-hydrogen) atoms. The SMILES string of the molecule is COc1cc(/C=N\Nc2ccc(C(=O)[O-])cc2)ccc1OCc1ccccc1C. The second-order valence-electron chi connectivity index (χ2n) is 6.36. The Hall–Kier alpha value is -3.80. The van der Waals surface area contributed by atoms with Crippen molar-refractivity contribution in [3.8, 4) is 11.5 Å². The number of hydrazone groups is 1. The molecule has 148 valence electrons. The molecule has 0 atom stereocenters. The molecule has 0 unspecified atom stereocenters. The van der Waals surface area contributed by atoms with Gasteiger partial charge in [0.15, 0.2) is 11.5 Å². The van der Waals surface area contributed by atoms with E-state index in [1.54, 1.807) is 25.5 Å². The van der Waals surface area contributed by atoms with Gasteiger partial charge in [-0.25, -0.2) is 0 Å². The monoisotopic (exact) mass is 389 g/mol. The van der Waals surface area contributed by atoms with Crippen LogP contribution in [0.5, 0.6) is 11.5 Å². The minimum atomic E-state index is -1.21. The fourth-order valence-electron chi connectivity index (χ4n) is 2.67. The number of nitrogens with one attached hydrogen (secondary N) is 1. The molecule has 3 aromatic rings. The third-order valence-corrected chi connectivity index (χ3v) is 4.36. The quantitative estimate of drug-likeness (QED) is 0.472. The minimum absolute atomic E-state index is 0.116. The highest BCUT2D eigenvalue weighted by Gasteiger charge is 2.06. The topological polar surface area (TPSA) is 83.0 Å². The Morgan fingerprint density at radius 1 is 1.07 bits per heavy atom. The molecule has 0 spiro atoms. The second kappa shape index (κ2) is 9.41. The maximum atomic E-state index is 10.8. The second-order valence-corrected chi connectivity index (χ2v) is 6.36. The average Bonchev–Trinajstić information content (AvgIpc) is 2.74. The van der Waals surface area contributed by atoms with Gasteiger partial charge in [-0.15, -0.1) is 0 Å². The lowest BCUT2D eigenvalue weighted by atomic mass is 10.1. The van der Waals surface area contributed by atoms with Crippen molar-refractivity contribution < 1.29 is 19.4 Å². The molecule has 0 saturated carbocycles. The average molecular weight is 389 g/mol. The van der Waals surface area contributed by atoms with Crippen LogP contribution in [0.4, 0.5) is 5.69 Å². The number of carbonyl (C=O) groups excluding carboxylic acids is 1. The fourth-order valence-corrected chi connectivity index (χ4v) is 2.67. The molecule has 0 aliphatic carbocycles. The molecule has 0 fully saturated rings. The smallest absolute Gasteiger partial charge is 0.161 e. The van der Waals surface area contributed by atoms with Crippen LogP contribution in [0.25, 0.3) is 0 Å². The molecule has 6 nitrogen and oxygen atoms in total. The van der Waals surface area contributed by atoms with Gasteiger partial charge < -0.3 is 19.4 Å². The summed E-state index contributed by atoms with van der Waals surface area (Å²) in [6.07, 6.45) is 1.64. The lowest BCUT2D eigenvalue weighted by Crippen LogP contribution is -2.21. The number of methoxy groups -OCH3 is 1. The zero-order chi connectivity index (χ0) is 20.6. The van der Waals surface area contributed by atoms with E-state index in [0.717, 1.165) is 11.1 Å². The number of aryl methyl sites for hydroxylation is 1. The van der Waals surface area contributed by atoms with Crippen LogP contribution in [0.3, 0.4) is 0 Å². The molecule has 3 rings (SSSR count). The van der Waals surface area contributed by atoms with Crippen molar-refractivity contribution in [2.45, 2.75) is 13.5 Å². The summed E-state index contributed by atoms with van der Waals surface area (Å²) in [6.45, 7) is 2.51. The summed E-state index contributed by atoms with van der Waals surface area (Å²) in [4.78, 5) is 10.8. The van der Waals surface area contributed by atoms with Gasteiger partial charge in [0.2, 0.25) is 0 Å². The van der Waals surface area contributed by atoms with Crippen molar-refractivity contribution in [1.29, 1.82) is 0 Å². The largest absolute Gasteiger partial charge is 0.545 e. The highest BCUT2D eigenvalue weighted by molar-refractivity contribution is 5.86. The van der Waals surface area contributed by atoms with Crippen molar-refractivity contribution in [2.24, 2.45) is 5.10 Å². The molecule has 0 aromatic heterocycles. The van der Waals surface area contributed by atoms with Gasteiger partial charge >= 0.3 is 0 Å². The molecule has 0 amide bonds. The van der Waals surface area contributed by atoms with Crippen LogP contribution >= 0.6 is 0 Å². The molecule has 0 aliphatic rings. The van der Waals surface area contributed by atoms with E-state index in [9.17, 15) is 9.90 Å². The number of aromatic carboxylic acids is 1. The Kier molecular flexibility index (Phi) is 6.47. The Bertz CT molecular complexity index is 1010. The maximum absolute atomic E-state index is 10.8. The number of carbonyl (C=O) groups is 1. The van der Waals surface area contributed by atoms with Crippen LogP contribution < -0.4 is 20.0 Å². The number of carboxylic acids is 1. The number of nitrogens with zero attached hydrogens (tertiary/aromatic N) is 1. The van der Waals surface area contributed by atoms with E-state index in [1.165, 1.54) is 17.7 Å². The van der Waals surface area contributed by atoms with Crippen LogP contribution in [-0.4, -0.2) is 19.3 Å². The highest BCUT2D eigenvalue weighted by atomic mass is 16.5. The van der Waals surface area contributed by atoms with Gasteiger partial charge in [-0.2, -0.15) is 5.10 Å². The summed E-state index contributed by atoms with van der Waals surface area (Å²) in [5.74, 6) is 0.0523. The number of hydrogen-bond acceptors (Lipinski definition) is 6. The summed E-state index contributed by atoms with van der Waals surface area (Å²) in [5.41, 5.74) is 6.75. The summed E-state index contributed by atoms with van der Waals surface area (Å²) in [7, 11) is 1.59. The fraction of sp³-hybridized carbons (Fsp3) is 0.130. The Morgan fingerprint density at radius 2 is 1.83 bits per heavy atom. The van der Waals surface area contributed by atoms with Gasteiger partial charge in [0.1, 0.15) is 6.61 Å². The first-order valence-corrected chi connectivity index (χ1v) is 9.02. The van der Waals surface area contributed by atoms with Gasteiger partial charge in [0, 0.05) is 0 Å². The standard InChI is InChI=1S/C23H22N2O4/c1-16-5-3-4-6-19(16)15-29-21-12-7-17(13-22(21)28-2)14-24-25-20-10-8-18(9-11-20)23(26)27/h3-14,25H,15H2,1-2H3,(H,26,27)/p-1/b24-14-. The Labute approximate surface area is 169 Å². The summed E-state index contributed by atoms with van der Waals surface area (Å²) in [6, 6.07) is 19.8. The van der Waals surface area contributed by atoms with Crippen molar-refractivity contribution in [1.82, 2.24) is 0 Å². The van der Waals surface area contributed by atoms with E-state index in [4.69, 9.17) is 9.47 Å². The van der Waals surface area contributed by atoms with Crippen LogP contribution in [-0.2, 0) is 6.61 Å². The van der Waals surface area contributed by atoms with E-state index in [-0.39, 0.29) is 5.56 Å². The van der Waals surface area contributed by atoms with E-state index in [1.807, 2.05) is 36.4 Å². The molecular weight excluding hydrogens is 368 g/mol. The molecule has 0 radical (unpaired) electrons. The first-order chi connectivity index (χ1) is 14.1. The Balaban J connectivity index is 1.64. The zero-order valence-electron chi connectivity index (χ0n) is 16.2. The summed E-state index contributed by atoms with van der Waals surface area (Å²) < 4.78 is 11.4. The summed E-state index contributed by atoms with van der Waals surface area (Å²) >= 11 is 0. The van der Waals surface area contributed by atoms with Crippen molar-refractivity contribution in [3.63, 3.8) is 0 Å². The maximum Gasteiger partial charge on any atom is 0.161 e. The molecule has 6 heteroatoms. The predicted octanol–water partition coefficient (Wildman–Crippen LogP) is 3.39. The number of rotatable bonds is 8. The third kappa shape index (κ3) is 5.35. The van der Waals surface area contributed by atoms with E-state index in [0.29, 0.717) is 23.8 Å². The lowest BCUT2D eigenvalue weighted by Gasteiger charge is -2.12. The van der Waals surface area contributed by atoms with Crippen LogP contribution in [0, 0.1) is 6.92 Å². The van der Waals surface area contributed by atoms with Crippen molar-refractivity contribution in [2.75, 3.05) is 12.5 Å². The van der Waals surface area contributed by atoms with Gasteiger partial charge in [-0.1, -0.05) is 36.4 Å². The number of hydrogen-bond donors (Lipinski definition) is 1. The van der Waals surface area contributed by atoms with E-state index >= 15 is 0 Å².